The number of nitrogens with zero attached hydrogens (tertiary/aromatic N) is 2. The summed E-state index contributed by atoms with van der Waals surface area (Å²) in [6.45, 7) is 0.569. The molecule has 0 atom stereocenters. The maximum absolute atomic E-state index is 12.8. The van der Waals surface area contributed by atoms with Crippen LogP contribution in [0.1, 0.15) is 27.0 Å². The monoisotopic (exact) mass is 637 g/mol. The molecule has 0 heterocycles. The topological polar surface area (TPSA) is 103 Å². The molecule has 0 aromatic heterocycles. The molecule has 1 amide bonds. The van der Waals surface area contributed by atoms with E-state index in [0.717, 1.165) is 11.1 Å². The third-order valence-electron chi connectivity index (χ3n) is 5.30. The Balaban J connectivity index is 1.36. The molecule has 192 valence electrons. The number of para-hydroxylation sites is 1. The van der Waals surface area contributed by atoms with E-state index < -0.39 is 10.8 Å². The quantitative estimate of drug-likeness (QED) is 0.114. The number of nitro groups is 1. The molecule has 4 aromatic carbocycles. The Hall–Kier alpha value is -4.02. The van der Waals surface area contributed by atoms with Gasteiger partial charge in [-0.2, -0.15) is 5.10 Å². The molecular formula is C28H21Br2N3O5. The van der Waals surface area contributed by atoms with Crippen molar-refractivity contribution in [3.8, 4) is 11.5 Å². The number of nitro benzene ring substituents is 1. The van der Waals surface area contributed by atoms with Gasteiger partial charge in [0.15, 0.2) is 0 Å². The van der Waals surface area contributed by atoms with Gasteiger partial charge in [-0.15, -0.1) is 0 Å². The second-order valence-corrected chi connectivity index (χ2v) is 9.70. The van der Waals surface area contributed by atoms with Crippen molar-refractivity contribution in [2.45, 2.75) is 13.2 Å². The molecule has 0 bridgehead atoms. The molecule has 0 aliphatic rings. The van der Waals surface area contributed by atoms with Gasteiger partial charge in [-0.1, -0.05) is 42.5 Å². The molecule has 1 N–H and O–H groups in total. The lowest BCUT2D eigenvalue weighted by Crippen LogP contribution is -2.18. The summed E-state index contributed by atoms with van der Waals surface area (Å²) < 4.78 is 13.1. The van der Waals surface area contributed by atoms with Crippen LogP contribution >= 0.6 is 31.9 Å². The van der Waals surface area contributed by atoms with Gasteiger partial charge >= 0.3 is 0 Å². The van der Waals surface area contributed by atoms with Crippen LogP contribution in [-0.4, -0.2) is 17.0 Å². The fourth-order valence-electron chi connectivity index (χ4n) is 3.40. The fraction of sp³-hybridized carbons (Fsp3) is 0.0714. The van der Waals surface area contributed by atoms with Gasteiger partial charge in [-0.25, -0.2) is 5.43 Å². The lowest BCUT2D eigenvalue weighted by atomic mass is 10.2. The zero-order chi connectivity index (χ0) is 26.9. The maximum Gasteiger partial charge on any atom is 0.275 e. The van der Waals surface area contributed by atoms with Gasteiger partial charge in [0.05, 0.1) is 25.6 Å². The van der Waals surface area contributed by atoms with Crippen LogP contribution in [0.2, 0.25) is 0 Å². The average molecular weight is 639 g/mol. The predicted octanol–water partition coefficient (Wildman–Crippen LogP) is 7.04. The summed E-state index contributed by atoms with van der Waals surface area (Å²) in [5.41, 5.74) is 5.43. The summed E-state index contributed by atoms with van der Waals surface area (Å²) in [5, 5.41) is 14.9. The first-order valence-electron chi connectivity index (χ1n) is 11.3. The summed E-state index contributed by atoms with van der Waals surface area (Å²) in [6, 6.07) is 26.4. The minimum atomic E-state index is -0.445. The summed E-state index contributed by atoms with van der Waals surface area (Å²) in [6.07, 6.45) is 1.51. The Bertz CT molecular complexity index is 1440. The van der Waals surface area contributed by atoms with Crippen molar-refractivity contribution >= 4 is 49.7 Å². The Morgan fingerprint density at radius 2 is 1.47 bits per heavy atom. The number of carbonyl (C=O) groups is 1. The smallest absolute Gasteiger partial charge is 0.275 e. The number of nitrogens with one attached hydrogen (secondary N) is 1. The molecule has 8 nitrogen and oxygen atoms in total. The Labute approximate surface area is 235 Å². The molecule has 0 saturated carbocycles. The molecule has 0 radical (unpaired) electrons. The van der Waals surface area contributed by atoms with E-state index in [1.165, 1.54) is 18.3 Å². The molecule has 0 unspecified atom stereocenters. The highest BCUT2D eigenvalue weighted by atomic mass is 79.9. The van der Waals surface area contributed by atoms with Gasteiger partial charge < -0.3 is 9.47 Å². The number of amides is 1. The van der Waals surface area contributed by atoms with E-state index in [4.69, 9.17) is 9.47 Å². The molecule has 0 saturated heterocycles. The van der Waals surface area contributed by atoms with Crippen LogP contribution < -0.4 is 14.9 Å². The van der Waals surface area contributed by atoms with Gasteiger partial charge in [-0.05, 0) is 84.9 Å². The minimum absolute atomic E-state index is 0.0232. The Morgan fingerprint density at radius 1 is 0.868 bits per heavy atom. The number of halogens is 2. The van der Waals surface area contributed by atoms with Crippen LogP contribution in [-0.2, 0) is 13.2 Å². The number of ether oxygens (including phenoxy) is 2. The highest BCUT2D eigenvalue weighted by Crippen LogP contribution is 2.35. The van der Waals surface area contributed by atoms with Crippen molar-refractivity contribution in [2.24, 2.45) is 5.10 Å². The number of hydrogen-bond donors (Lipinski definition) is 1. The van der Waals surface area contributed by atoms with Crippen LogP contribution in [0.4, 0.5) is 5.69 Å². The van der Waals surface area contributed by atoms with Gasteiger partial charge in [0, 0.05) is 12.1 Å². The van der Waals surface area contributed by atoms with Crippen LogP contribution in [0.15, 0.2) is 105 Å². The minimum Gasteiger partial charge on any atom is -0.488 e. The van der Waals surface area contributed by atoms with Crippen molar-refractivity contribution in [2.75, 3.05) is 0 Å². The lowest BCUT2D eigenvalue weighted by Gasteiger charge is -2.11. The highest BCUT2D eigenvalue weighted by Gasteiger charge is 2.13. The summed E-state index contributed by atoms with van der Waals surface area (Å²) in [5.74, 6) is 0.629. The Kier molecular flexibility index (Phi) is 9.23. The second kappa shape index (κ2) is 13.0. The summed E-state index contributed by atoms with van der Waals surface area (Å²) in [4.78, 5) is 23.1. The number of rotatable bonds is 10. The third kappa shape index (κ3) is 7.27. The first-order valence-corrected chi connectivity index (χ1v) is 12.9. The molecule has 0 aliphatic heterocycles. The van der Waals surface area contributed by atoms with Crippen molar-refractivity contribution < 1.29 is 19.2 Å². The van der Waals surface area contributed by atoms with Gasteiger partial charge in [0.25, 0.3) is 11.6 Å². The van der Waals surface area contributed by atoms with E-state index >= 15 is 0 Å². The van der Waals surface area contributed by atoms with E-state index in [9.17, 15) is 14.9 Å². The van der Waals surface area contributed by atoms with Crippen molar-refractivity contribution in [3.05, 3.63) is 132 Å². The zero-order valence-corrected chi connectivity index (χ0v) is 23.0. The molecule has 38 heavy (non-hydrogen) atoms. The van der Waals surface area contributed by atoms with E-state index in [1.807, 2.05) is 30.3 Å². The first kappa shape index (κ1) is 27.0. The van der Waals surface area contributed by atoms with Crippen molar-refractivity contribution in [1.82, 2.24) is 5.43 Å². The van der Waals surface area contributed by atoms with Crippen LogP contribution in [0.25, 0.3) is 0 Å². The highest BCUT2D eigenvalue weighted by molar-refractivity contribution is 9.11. The van der Waals surface area contributed by atoms with Crippen molar-refractivity contribution in [3.63, 3.8) is 0 Å². The normalized spacial score (nSPS) is 10.8. The molecule has 0 aliphatic carbocycles. The van der Waals surface area contributed by atoms with E-state index in [2.05, 4.69) is 42.4 Å². The number of non-ortho nitro benzene ring substituents is 1. The zero-order valence-electron chi connectivity index (χ0n) is 19.8. The van der Waals surface area contributed by atoms with Crippen molar-refractivity contribution in [1.29, 1.82) is 0 Å². The number of hydrogen-bond acceptors (Lipinski definition) is 6. The molecular weight excluding hydrogens is 618 g/mol. The summed E-state index contributed by atoms with van der Waals surface area (Å²) >= 11 is 6.99. The average Bonchev–Trinajstić information content (AvgIpc) is 2.92. The number of benzene rings is 4. The van der Waals surface area contributed by atoms with Crippen LogP contribution in [0.3, 0.4) is 0 Å². The maximum atomic E-state index is 12.8. The van der Waals surface area contributed by atoms with E-state index in [-0.39, 0.29) is 12.3 Å². The standard InChI is InChI=1S/C28H21Br2N3O5/c29-24-14-21(15-25(30)27(24)38-18-20-10-12-22(13-11-20)33(35)36)16-31-32-28(34)23-8-4-5-9-26(23)37-17-19-6-2-1-3-7-19/h1-16H,17-18H2,(H,32,34)/b31-16+. The first-order chi connectivity index (χ1) is 18.4. The van der Waals surface area contributed by atoms with Crippen LogP contribution in [0, 0.1) is 10.1 Å². The Morgan fingerprint density at radius 3 is 2.16 bits per heavy atom. The SMILES string of the molecule is O=C(N/N=C/c1cc(Br)c(OCc2ccc([N+](=O)[O-])cc2)c(Br)c1)c1ccccc1OCc1ccccc1. The molecule has 0 fully saturated rings. The summed E-state index contributed by atoms with van der Waals surface area (Å²) in [7, 11) is 0. The lowest BCUT2D eigenvalue weighted by molar-refractivity contribution is -0.384. The molecule has 4 rings (SSSR count). The van der Waals surface area contributed by atoms with E-state index in [1.54, 1.807) is 48.5 Å². The van der Waals surface area contributed by atoms with Gasteiger partial charge in [0.2, 0.25) is 0 Å². The molecule has 4 aromatic rings. The molecule has 10 heteroatoms. The van der Waals surface area contributed by atoms with Gasteiger partial charge in [0.1, 0.15) is 24.7 Å². The van der Waals surface area contributed by atoms with Gasteiger partial charge in [-0.3, -0.25) is 14.9 Å². The largest absolute Gasteiger partial charge is 0.488 e. The van der Waals surface area contributed by atoms with E-state index in [0.29, 0.717) is 38.2 Å². The number of carbonyl (C=O) groups excluding carboxylic acids is 1. The van der Waals surface area contributed by atoms with Crippen LogP contribution in [0.5, 0.6) is 11.5 Å². The predicted molar refractivity (Wildman–Crippen MR) is 152 cm³/mol. The number of hydrazone groups is 1. The molecule has 0 spiro atoms. The fourth-order valence-corrected chi connectivity index (χ4v) is 4.85. The third-order valence-corrected chi connectivity index (χ3v) is 6.48. The second-order valence-electron chi connectivity index (χ2n) is 8.00.